The average molecular weight is 364 g/mol. The number of rotatable bonds is 3. The van der Waals surface area contributed by atoms with Crippen LogP contribution in [0.3, 0.4) is 0 Å². The lowest BCUT2D eigenvalue weighted by Crippen LogP contribution is -2.58. The van der Waals surface area contributed by atoms with E-state index >= 15 is 0 Å². The zero-order chi connectivity index (χ0) is 18.7. The smallest absolute Gasteiger partial charge is 0.336 e. The van der Waals surface area contributed by atoms with Crippen molar-refractivity contribution in [2.45, 2.75) is 77.1 Å². The van der Waals surface area contributed by atoms with E-state index in [9.17, 15) is 15.0 Å². The Morgan fingerprint density at radius 1 is 1.19 bits per heavy atom. The molecule has 0 unspecified atom stereocenters. The maximum absolute atomic E-state index is 11.7. The van der Waals surface area contributed by atoms with Crippen molar-refractivity contribution in [3.63, 3.8) is 0 Å². The minimum absolute atomic E-state index is 0.00305. The van der Waals surface area contributed by atoms with Gasteiger partial charge in [-0.2, -0.15) is 0 Å². The number of esters is 1. The van der Waals surface area contributed by atoms with Gasteiger partial charge in [0.15, 0.2) is 0 Å². The first-order chi connectivity index (χ1) is 12.2. The molecule has 2 aliphatic carbocycles. The monoisotopic (exact) mass is 364 g/mol. The fourth-order valence-electron chi connectivity index (χ4n) is 6.48. The van der Waals surface area contributed by atoms with Crippen molar-refractivity contribution in [2.24, 2.45) is 22.7 Å². The molecule has 2 N–H and O–H groups in total. The molecule has 2 saturated carbocycles. The van der Waals surface area contributed by atoms with Gasteiger partial charge in [0.25, 0.3) is 0 Å². The van der Waals surface area contributed by atoms with Crippen LogP contribution in [0.25, 0.3) is 0 Å². The zero-order valence-electron chi connectivity index (χ0n) is 16.2. The molecule has 26 heavy (non-hydrogen) atoms. The normalized spacial score (nSPS) is 48.5. The number of ether oxygens (including phenoxy) is 2. The van der Waals surface area contributed by atoms with Crippen LogP contribution in [0.4, 0.5) is 0 Å². The van der Waals surface area contributed by atoms with Gasteiger partial charge in [-0.3, -0.25) is 0 Å². The molecule has 4 rings (SSSR count). The Morgan fingerprint density at radius 3 is 2.54 bits per heavy atom. The molecule has 5 nitrogen and oxygen atoms in total. The molecule has 6 atom stereocenters. The van der Waals surface area contributed by atoms with Crippen molar-refractivity contribution < 1.29 is 24.5 Å². The third kappa shape index (κ3) is 2.66. The number of carbonyl (C=O) groups excluding carboxylic acids is 1. The Hall–Kier alpha value is -0.910. The molecule has 1 spiro atoms. The minimum atomic E-state index is -0.785. The molecule has 0 aromatic carbocycles. The molecule has 0 aromatic heterocycles. The molecule has 0 amide bonds. The Morgan fingerprint density at radius 2 is 1.92 bits per heavy atom. The molecule has 2 aliphatic heterocycles. The van der Waals surface area contributed by atoms with E-state index in [1.165, 1.54) is 0 Å². The molecule has 0 aromatic rings. The lowest BCUT2D eigenvalue weighted by atomic mass is 9.45. The largest absolute Gasteiger partial charge is 0.459 e. The summed E-state index contributed by atoms with van der Waals surface area (Å²) in [6, 6.07) is 0. The molecule has 4 fully saturated rings. The van der Waals surface area contributed by atoms with Gasteiger partial charge in [0.2, 0.25) is 0 Å². The van der Waals surface area contributed by atoms with Crippen molar-refractivity contribution in [1.29, 1.82) is 0 Å². The van der Waals surface area contributed by atoms with E-state index in [-0.39, 0.29) is 35.1 Å². The predicted molar refractivity (Wildman–Crippen MR) is 96.3 cm³/mol. The van der Waals surface area contributed by atoms with Crippen LogP contribution in [0.2, 0.25) is 0 Å². The molecular formula is C21H32O5. The van der Waals surface area contributed by atoms with Gasteiger partial charge in [0.05, 0.1) is 23.9 Å². The molecule has 0 bridgehead atoms. The second-order valence-corrected chi connectivity index (χ2v) is 9.73. The highest BCUT2D eigenvalue weighted by Gasteiger charge is 2.65. The second kappa shape index (κ2) is 6.05. The molecule has 0 radical (unpaired) electrons. The van der Waals surface area contributed by atoms with Gasteiger partial charge >= 0.3 is 5.97 Å². The van der Waals surface area contributed by atoms with E-state index in [0.717, 1.165) is 45.1 Å². The van der Waals surface area contributed by atoms with Crippen LogP contribution in [0.5, 0.6) is 0 Å². The number of fused-ring (bicyclic) bond motifs is 1. The number of aliphatic hydroxyl groups is 2. The van der Waals surface area contributed by atoms with E-state index in [1.54, 1.807) is 0 Å². The van der Waals surface area contributed by atoms with Gasteiger partial charge in [-0.25, -0.2) is 4.79 Å². The topological polar surface area (TPSA) is 79.3 Å². The van der Waals surface area contributed by atoms with Crippen molar-refractivity contribution in [3.8, 4) is 0 Å². The van der Waals surface area contributed by atoms with Gasteiger partial charge in [0, 0.05) is 0 Å². The maximum atomic E-state index is 11.7. The lowest BCUT2D eigenvalue weighted by molar-refractivity contribution is -0.155. The van der Waals surface area contributed by atoms with Gasteiger partial charge < -0.3 is 19.7 Å². The Kier molecular flexibility index (Phi) is 4.29. The zero-order valence-corrected chi connectivity index (χ0v) is 16.2. The Bertz CT molecular complexity index is 620. The van der Waals surface area contributed by atoms with Crippen LogP contribution in [-0.4, -0.2) is 47.2 Å². The average Bonchev–Trinajstić information content (AvgIpc) is 3.28. The summed E-state index contributed by atoms with van der Waals surface area (Å²) < 4.78 is 10.9. The standard InChI is InChI=1S/C21H32O5/c1-19(2)15-7-10-21(12-26-21)16(20(15,3)9-8-17(19)23)6-4-5-13-14(22)11-25-18(13)24/h5,14-17,22-23H,4,6-12H2,1-3H3/b13-5+/t14-,15+,16+,17+,20-,21-/m0/s1. The summed E-state index contributed by atoms with van der Waals surface area (Å²) in [7, 11) is 0. The first-order valence-electron chi connectivity index (χ1n) is 10.1. The fourth-order valence-corrected chi connectivity index (χ4v) is 6.48. The molecular weight excluding hydrogens is 332 g/mol. The summed E-state index contributed by atoms with van der Waals surface area (Å²) >= 11 is 0. The lowest BCUT2D eigenvalue weighted by Gasteiger charge is -2.60. The summed E-state index contributed by atoms with van der Waals surface area (Å²) in [5.41, 5.74) is 0.473. The van der Waals surface area contributed by atoms with Crippen molar-refractivity contribution >= 4 is 5.97 Å². The number of hydrogen-bond donors (Lipinski definition) is 2. The molecule has 2 saturated heterocycles. The summed E-state index contributed by atoms with van der Waals surface area (Å²) in [6.45, 7) is 7.74. The van der Waals surface area contributed by atoms with E-state index in [2.05, 4.69) is 20.8 Å². The van der Waals surface area contributed by atoms with Crippen LogP contribution in [0.15, 0.2) is 11.6 Å². The summed E-state index contributed by atoms with van der Waals surface area (Å²) in [5, 5.41) is 20.5. The van der Waals surface area contributed by atoms with Gasteiger partial charge in [-0.05, 0) is 61.2 Å². The highest BCUT2D eigenvalue weighted by molar-refractivity contribution is 5.91. The van der Waals surface area contributed by atoms with Crippen LogP contribution in [0.1, 0.15) is 59.3 Å². The molecule has 5 heteroatoms. The predicted octanol–water partition coefficient (Wildman–Crippen LogP) is 2.59. The third-order valence-electron chi connectivity index (χ3n) is 8.10. The van der Waals surface area contributed by atoms with Crippen LogP contribution >= 0.6 is 0 Å². The first-order valence-corrected chi connectivity index (χ1v) is 10.1. The molecule has 2 heterocycles. The highest BCUT2D eigenvalue weighted by atomic mass is 16.6. The number of epoxide rings is 1. The fraction of sp³-hybridized carbons (Fsp3) is 0.857. The number of aliphatic hydroxyl groups excluding tert-OH is 2. The molecule has 146 valence electrons. The van der Waals surface area contributed by atoms with Crippen molar-refractivity contribution in [3.05, 3.63) is 11.6 Å². The summed E-state index contributed by atoms with van der Waals surface area (Å²) in [6.07, 6.45) is 6.60. The summed E-state index contributed by atoms with van der Waals surface area (Å²) in [4.78, 5) is 11.7. The summed E-state index contributed by atoms with van der Waals surface area (Å²) in [5.74, 6) is 0.518. The van der Waals surface area contributed by atoms with Crippen molar-refractivity contribution in [2.75, 3.05) is 13.2 Å². The first kappa shape index (κ1) is 18.5. The minimum Gasteiger partial charge on any atom is -0.459 e. The number of cyclic esters (lactones) is 1. The van der Waals surface area contributed by atoms with E-state index in [4.69, 9.17) is 9.47 Å². The van der Waals surface area contributed by atoms with E-state index in [1.807, 2.05) is 6.08 Å². The van der Waals surface area contributed by atoms with Gasteiger partial charge in [-0.1, -0.05) is 26.8 Å². The Balaban J connectivity index is 1.55. The van der Waals surface area contributed by atoms with E-state index < -0.39 is 6.10 Å². The number of allylic oxidation sites excluding steroid dienone is 1. The van der Waals surface area contributed by atoms with Crippen LogP contribution < -0.4 is 0 Å². The second-order valence-electron chi connectivity index (χ2n) is 9.73. The van der Waals surface area contributed by atoms with Crippen LogP contribution in [-0.2, 0) is 14.3 Å². The van der Waals surface area contributed by atoms with Gasteiger partial charge in [0.1, 0.15) is 12.7 Å². The van der Waals surface area contributed by atoms with E-state index in [0.29, 0.717) is 17.4 Å². The van der Waals surface area contributed by atoms with Crippen LogP contribution in [0, 0.1) is 22.7 Å². The highest BCUT2D eigenvalue weighted by Crippen LogP contribution is 2.66. The quantitative estimate of drug-likeness (QED) is 0.457. The van der Waals surface area contributed by atoms with Gasteiger partial charge in [-0.15, -0.1) is 0 Å². The number of carbonyl (C=O) groups is 1. The Labute approximate surface area is 155 Å². The maximum Gasteiger partial charge on any atom is 0.336 e. The third-order valence-corrected chi connectivity index (χ3v) is 8.10. The van der Waals surface area contributed by atoms with Crippen molar-refractivity contribution in [1.82, 2.24) is 0 Å². The number of hydrogen-bond acceptors (Lipinski definition) is 5. The molecule has 4 aliphatic rings. The SMILES string of the molecule is CC1(C)[C@H](O)CC[C@@]2(C)[C@@H]1CC[C@]1(CO1)[C@@H]2CC/C=C1/C(=O)OC[C@@H]1O.